The number of nitrogens with zero attached hydrogens (tertiary/aromatic N) is 2. The zero-order valence-electron chi connectivity index (χ0n) is 10.3. The second kappa shape index (κ2) is 5.59. The number of aromatic nitrogens is 2. The number of rotatable bonds is 3. The fourth-order valence-electron chi connectivity index (χ4n) is 1.62. The molecule has 0 saturated heterocycles. The minimum atomic E-state index is -1.07. The molecule has 98 valence electrons. The zero-order chi connectivity index (χ0) is 14.0. The third-order valence-corrected chi connectivity index (χ3v) is 3.78. The van der Waals surface area contributed by atoms with Crippen molar-refractivity contribution in [2.24, 2.45) is 0 Å². The van der Waals surface area contributed by atoms with Gasteiger partial charge in [0, 0.05) is 11.9 Å². The van der Waals surface area contributed by atoms with Crippen molar-refractivity contribution in [1.29, 1.82) is 0 Å². The second-order valence-corrected chi connectivity index (χ2v) is 5.40. The maximum Gasteiger partial charge on any atom is 0.337 e. The summed E-state index contributed by atoms with van der Waals surface area (Å²) in [5, 5.41) is 10.3. The maximum atomic E-state index is 11.0. The largest absolute Gasteiger partial charge is 0.478 e. The van der Waals surface area contributed by atoms with Gasteiger partial charge in [-0.2, -0.15) is 0 Å². The lowest BCUT2D eigenvalue weighted by molar-refractivity contribution is 0.0696. The Hall–Kier alpha value is -1.59. The van der Waals surface area contributed by atoms with Crippen LogP contribution in [0.5, 0.6) is 0 Å². The average Bonchev–Trinajstić information content (AvgIpc) is 2.30. The van der Waals surface area contributed by atoms with Gasteiger partial charge in [0.25, 0.3) is 0 Å². The molecule has 4 nitrogen and oxygen atoms in total. The minimum Gasteiger partial charge on any atom is -0.478 e. The minimum absolute atomic E-state index is 0.0449. The van der Waals surface area contributed by atoms with E-state index in [1.54, 1.807) is 0 Å². The van der Waals surface area contributed by atoms with E-state index in [0.29, 0.717) is 5.03 Å². The Kier molecular flexibility index (Phi) is 4.07. The standard InChI is InChI=1S/C13H11ClN2O2S/c1-7-5-8(2)16-10(6-7)19-12-11(14)9(13(17)18)3-4-15-12/h3-6H,1-2H3,(H,17,18). The van der Waals surface area contributed by atoms with E-state index in [1.807, 2.05) is 26.0 Å². The summed E-state index contributed by atoms with van der Waals surface area (Å²) in [5.41, 5.74) is 2.03. The lowest BCUT2D eigenvalue weighted by atomic mass is 10.3. The van der Waals surface area contributed by atoms with Crippen LogP contribution in [-0.4, -0.2) is 21.0 Å². The van der Waals surface area contributed by atoms with E-state index < -0.39 is 5.97 Å². The predicted molar refractivity (Wildman–Crippen MR) is 74.0 cm³/mol. The van der Waals surface area contributed by atoms with E-state index in [0.717, 1.165) is 16.3 Å². The van der Waals surface area contributed by atoms with Crippen LogP contribution in [-0.2, 0) is 0 Å². The molecule has 0 fully saturated rings. The van der Waals surface area contributed by atoms with Crippen LogP contribution in [0.25, 0.3) is 0 Å². The number of carbonyl (C=O) groups is 1. The molecule has 0 radical (unpaired) electrons. The van der Waals surface area contributed by atoms with Gasteiger partial charge in [-0.1, -0.05) is 11.6 Å². The summed E-state index contributed by atoms with van der Waals surface area (Å²) in [6, 6.07) is 5.25. The number of carboxylic acids is 1. The van der Waals surface area contributed by atoms with E-state index in [-0.39, 0.29) is 10.6 Å². The molecule has 0 aliphatic rings. The van der Waals surface area contributed by atoms with Gasteiger partial charge in [0.2, 0.25) is 0 Å². The monoisotopic (exact) mass is 294 g/mol. The van der Waals surface area contributed by atoms with Crippen LogP contribution < -0.4 is 0 Å². The van der Waals surface area contributed by atoms with Crippen LogP contribution in [0.3, 0.4) is 0 Å². The molecule has 2 heterocycles. The Morgan fingerprint density at radius 3 is 2.74 bits per heavy atom. The van der Waals surface area contributed by atoms with Gasteiger partial charge in [-0.3, -0.25) is 0 Å². The maximum absolute atomic E-state index is 11.0. The number of hydrogen-bond donors (Lipinski definition) is 1. The molecular weight excluding hydrogens is 284 g/mol. The van der Waals surface area contributed by atoms with Gasteiger partial charge >= 0.3 is 5.97 Å². The number of hydrogen-bond acceptors (Lipinski definition) is 4. The summed E-state index contributed by atoms with van der Waals surface area (Å²) < 4.78 is 0. The second-order valence-electron chi connectivity index (χ2n) is 4.01. The van der Waals surface area contributed by atoms with Crippen LogP contribution >= 0.6 is 23.4 Å². The predicted octanol–water partition coefficient (Wildman–Crippen LogP) is 3.60. The van der Waals surface area contributed by atoms with Crippen molar-refractivity contribution in [3.63, 3.8) is 0 Å². The van der Waals surface area contributed by atoms with Crippen molar-refractivity contribution in [2.75, 3.05) is 0 Å². The van der Waals surface area contributed by atoms with Crippen LogP contribution in [0.2, 0.25) is 5.02 Å². The topological polar surface area (TPSA) is 63.1 Å². The Labute approximate surface area is 119 Å². The van der Waals surface area contributed by atoms with E-state index in [4.69, 9.17) is 16.7 Å². The van der Waals surface area contributed by atoms with Gasteiger partial charge in [0.05, 0.1) is 10.6 Å². The van der Waals surface area contributed by atoms with Crippen molar-refractivity contribution in [3.05, 3.63) is 46.2 Å². The molecule has 0 saturated carbocycles. The van der Waals surface area contributed by atoms with Crippen LogP contribution in [0.4, 0.5) is 0 Å². The molecule has 0 bridgehead atoms. The van der Waals surface area contributed by atoms with Gasteiger partial charge in [-0.15, -0.1) is 0 Å². The molecule has 0 atom stereocenters. The fraction of sp³-hybridized carbons (Fsp3) is 0.154. The average molecular weight is 295 g/mol. The molecule has 0 unspecified atom stereocenters. The quantitative estimate of drug-likeness (QED) is 0.937. The van der Waals surface area contributed by atoms with Gasteiger partial charge < -0.3 is 5.11 Å². The van der Waals surface area contributed by atoms with Gasteiger partial charge in [-0.25, -0.2) is 14.8 Å². The normalized spacial score (nSPS) is 10.5. The first kappa shape index (κ1) is 13.8. The molecule has 2 aromatic rings. The highest BCUT2D eigenvalue weighted by Gasteiger charge is 2.14. The number of halogens is 1. The van der Waals surface area contributed by atoms with Crippen molar-refractivity contribution in [3.8, 4) is 0 Å². The highest BCUT2D eigenvalue weighted by Crippen LogP contribution is 2.32. The molecule has 0 amide bonds. The van der Waals surface area contributed by atoms with E-state index in [2.05, 4.69) is 9.97 Å². The van der Waals surface area contributed by atoms with Crippen molar-refractivity contribution in [2.45, 2.75) is 23.9 Å². The molecule has 6 heteroatoms. The summed E-state index contributed by atoms with van der Waals surface area (Å²) >= 11 is 7.30. The molecule has 0 spiro atoms. The first-order valence-electron chi connectivity index (χ1n) is 5.48. The van der Waals surface area contributed by atoms with Gasteiger partial charge in [0.15, 0.2) is 0 Å². The number of aryl methyl sites for hydroxylation is 2. The first-order valence-corrected chi connectivity index (χ1v) is 6.68. The van der Waals surface area contributed by atoms with E-state index in [9.17, 15) is 4.79 Å². The van der Waals surface area contributed by atoms with E-state index in [1.165, 1.54) is 24.0 Å². The van der Waals surface area contributed by atoms with E-state index >= 15 is 0 Å². The Bertz CT molecular complexity index is 626. The number of aromatic carboxylic acids is 1. The first-order chi connectivity index (χ1) is 8.97. The molecular formula is C13H11ClN2O2S. The summed E-state index contributed by atoms with van der Waals surface area (Å²) in [4.78, 5) is 19.5. The third kappa shape index (κ3) is 3.24. The molecule has 2 rings (SSSR count). The smallest absolute Gasteiger partial charge is 0.337 e. The Morgan fingerprint density at radius 1 is 1.37 bits per heavy atom. The van der Waals surface area contributed by atoms with Crippen molar-refractivity contribution in [1.82, 2.24) is 9.97 Å². The van der Waals surface area contributed by atoms with Crippen molar-refractivity contribution < 1.29 is 9.90 Å². The molecule has 0 aliphatic carbocycles. The lowest BCUT2D eigenvalue weighted by Gasteiger charge is -2.06. The van der Waals surface area contributed by atoms with Crippen LogP contribution in [0, 0.1) is 13.8 Å². The third-order valence-electron chi connectivity index (χ3n) is 2.36. The van der Waals surface area contributed by atoms with Crippen molar-refractivity contribution >= 4 is 29.3 Å². The molecule has 2 aromatic heterocycles. The molecule has 19 heavy (non-hydrogen) atoms. The van der Waals surface area contributed by atoms with Gasteiger partial charge in [-0.05, 0) is 49.4 Å². The highest BCUT2D eigenvalue weighted by atomic mass is 35.5. The summed E-state index contributed by atoms with van der Waals surface area (Å²) in [6.07, 6.45) is 1.43. The summed E-state index contributed by atoms with van der Waals surface area (Å²) in [7, 11) is 0. The van der Waals surface area contributed by atoms with Crippen LogP contribution in [0.1, 0.15) is 21.6 Å². The molecule has 0 aliphatic heterocycles. The SMILES string of the molecule is Cc1cc(C)nc(Sc2nccc(C(=O)O)c2Cl)c1. The molecule has 1 N–H and O–H groups in total. The zero-order valence-corrected chi connectivity index (χ0v) is 11.9. The summed E-state index contributed by atoms with van der Waals surface area (Å²) in [5.74, 6) is -1.07. The molecule has 0 aromatic carbocycles. The number of pyridine rings is 2. The lowest BCUT2D eigenvalue weighted by Crippen LogP contribution is -1.99. The van der Waals surface area contributed by atoms with Gasteiger partial charge in [0.1, 0.15) is 10.1 Å². The summed E-state index contributed by atoms with van der Waals surface area (Å²) in [6.45, 7) is 3.88. The number of carboxylic acid groups (broad SMARTS) is 1. The fourth-order valence-corrected chi connectivity index (χ4v) is 2.87. The Balaban J connectivity index is 2.38. The van der Waals surface area contributed by atoms with Crippen LogP contribution in [0.15, 0.2) is 34.4 Å². The highest BCUT2D eigenvalue weighted by molar-refractivity contribution is 7.99. The Morgan fingerprint density at radius 2 is 2.11 bits per heavy atom.